The van der Waals surface area contributed by atoms with Crippen molar-refractivity contribution in [2.24, 2.45) is 0 Å². The zero-order valence-corrected chi connectivity index (χ0v) is 14.3. The highest BCUT2D eigenvalue weighted by molar-refractivity contribution is 5.27. The molecule has 0 amide bonds. The third kappa shape index (κ3) is 4.83. The number of halogens is 3. The van der Waals surface area contributed by atoms with Gasteiger partial charge in [0, 0.05) is 31.7 Å². The van der Waals surface area contributed by atoms with Crippen molar-refractivity contribution >= 4 is 0 Å². The van der Waals surface area contributed by atoms with Crippen LogP contribution < -0.4 is 5.32 Å². The van der Waals surface area contributed by atoms with E-state index < -0.39 is 11.7 Å². The van der Waals surface area contributed by atoms with E-state index in [2.05, 4.69) is 22.3 Å². The van der Waals surface area contributed by atoms with Gasteiger partial charge in [-0.05, 0) is 36.6 Å². The summed E-state index contributed by atoms with van der Waals surface area (Å²) in [7, 11) is 0. The van der Waals surface area contributed by atoms with Gasteiger partial charge in [-0.25, -0.2) is 0 Å². The van der Waals surface area contributed by atoms with E-state index in [-0.39, 0.29) is 6.04 Å². The molecule has 0 spiro atoms. The van der Waals surface area contributed by atoms with Crippen molar-refractivity contribution in [3.8, 4) is 0 Å². The number of hydrogen-bond acceptors (Lipinski definition) is 2. The van der Waals surface area contributed by atoms with Gasteiger partial charge in [-0.15, -0.1) is 0 Å². The Morgan fingerprint density at radius 3 is 2.60 bits per heavy atom. The van der Waals surface area contributed by atoms with Crippen LogP contribution in [0.25, 0.3) is 0 Å². The zero-order valence-electron chi connectivity index (χ0n) is 14.3. The van der Waals surface area contributed by atoms with Gasteiger partial charge in [0.25, 0.3) is 0 Å². The summed E-state index contributed by atoms with van der Waals surface area (Å²) in [5.74, 6) is 0. The molecule has 1 N–H and O–H groups in total. The molecule has 3 rings (SSSR count). The molecule has 2 aromatic rings. The molecule has 0 radical (unpaired) electrons. The van der Waals surface area contributed by atoms with Gasteiger partial charge in [-0.3, -0.25) is 4.90 Å². The summed E-state index contributed by atoms with van der Waals surface area (Å²) in [6.45, 7) is 4.76. The molecular formula is C20H23F3N2. The highest BCUT2D eigenvalue weighted by Crippen LogP contribution is 2.31. The summed E-state index contributed by atoms with van der Waals surface area (Å²) < 4.78 is 38.6. The first-order valence-corrected chi connectivity index (χ1v) is 8.61. The fourth-order valence-electron chi connectivity index (χ4n) is 3.39. The number of benzene rings is 2. The Morgan fingerprint density at radius 1 is 1.12 bits per heavy atom. The molecule has 1 heterocycles. The fraction of sp³-hybridized carbons (Fsp3) is 0.400. The van der Waals surface area contributed by atoms with E-state index >= 15 is 0 Å². The molecule has 1 aliphatic heterocycles. The zero-order chi connectivity index (χ0) is 17.9. The first-order valence-electron chi connectivity index (χ1n) is 8.61. The van der Waals surface area contributed by atoms with Crippen molar-refractivity contribution in [1.82, 2.24) is 10.2 Å². The van der Waals surface area contributed by atoms with E-state index in [1.54, 1.807) is 6.07 Å². The molecule has 25 heavy (non-hydrogen) atoms. The number of alkyl halides is 3. The monoisotopic (exact) mass is 348 g/mol. The molecule has 0 bridgehead atoms. The Bertz CT molecular complexity index is 685. The number of nitrogens with zero attached hydrogens (tertiary/aromatic N) is 1. The topological polar surface area (TPSA) is 15.3 Å². The normalized spacial score (nSPS) is 19.9. The van der Waals surface area contributed by atoms with Crippen LogP contribution >= 0.6 is 0 Å². The van der Waals surface area contributed by atoms with E-state index in [0.29, 0.717) is 11.6 Å². The molecular weight excluding hydrogens is 325 g/mol. The molecule has 0 aromatic heterocycles. The minimum absolute atomic E-state index is 0.107. The molecule has 1 fully saturated rings. The van der Waals surface area contributed by atoms with Crippen LogP contribution in [0.4, 0.5) is 13.2 Å². The van der Waals surface area contributed by atoms with Crippen molar-refractivity contribution in [3.05, 3.63) is 71.3 Å². The molecule has 134 valence electrons. The lowest BCUT2D eigenvalue weighted by molar-refractivity contribution is -0.137. The van der Waals surface area contributed by atoms with Crippen molar-refractivity contribution in [2.75, 3.05) is 13.1 Å². The lowest BCUT2D eigenvalue weighted by Crippen LogP contribution is -2.34. The minimum atomic E-state index is -4.30. The van der Waals surface area contributed by atoms with Crippen LogP contribution in [0.1, 0.15) is 36.1 Å². The van der Waals surface area contributed by atoms with Gasteiger partial charge in [-0.2, -0.15) is 13.2 Å². The lowest BCUT2D eigenvalue weighted by atomic mass is 10.0. The van der Waals surface area contributed by atoms with Crippen molar-refractivity contribution in [2.45, 2.75) is 38.1 Å². The van der Waals surface area contributed by atoms with Gasteiger partial charge in [0.2, 0.25) is 0 Å². The number of hydrogen-bond donors (Lipinski definition) is 1. The molecule has 2 nitrogen and oxygen atoms in total. The summed E-state index contributed by atoms with van der Waals surface area (Å²) in [4.78, 5) is 2.38. The average molecular weight is 348 g/mol. The summed E-state index contributed by atoms with van der Waals surface area (Å²) >= 11 is 0. The van der Waals surface area contributed by atoms with Gasteiger partial charge >= 0.3 is 6.18 Å². The van der Waals surface area contributed by atoms with Crippen molar-refractivity contribution in [3.63, 3.8) is 0 Å². The van der Waals surface area contributed by atoms with E-state index in [0.717, 1.165) is 32.1 Å². The summed E-state index contributed by atoms with van der Waals surface area (Å²) in [6, 6.07) is 16.1. The SMILES string of the molecule is CC(NC1CCN(Cc2ccccc2)C1)c1cccc(C(F)(F)F)c1. The molecule has 2 atom stereocenters. The van der Waals surface area contributed by atoms with Crippen molar-refractivity contribution in [1.29, 1.82) is 0 Å². The lowest BCUT2D eigenvalue weighted by Gasteiger charge is -2.21. The number of nitrogens with one attached hydrogen (secondary N) is 1. The Morgan fingerprint density at radius 2 is 1.88 bits per heavy atom. The van der Waals surface area contributed by atoms with Gasteiger partial charge in [0.15, 0.2) is 0 Å². The van der Waals surface area contributed by atoms with Crippen LogP contribution in [-0.4, -0.2) is 24.0 Å². The second-order valence-electron chi connectivity index (χ2n) is 6.72. The highest BCUT2D eigenvalue weighted by Gasteiger charge is 2.31. The van der Waals surface area contributed by atoms with E-state index in [4.69, 9.17) is 0 Å². The van der Waals surface area contributed by atoms with Crippen LogP contribution in [0, 0.1) is 0 Å². The van der Waals surface area contributed by atoms with E-state index in [9.17, 15) is 13.2 Å². The van der Waals surface area contributed by atoms with Gasteiger partial charge < -0.3 is 5.32 Å². The number of rotatable bonds is 5. The van der Waals surface area contributed by atoms with Crippen LogP contribution in [0.2, 0.25) is 0 Å². The summed E-state index contributed by atoms with van der Waals surface area (Å²) in [5, 5.41) is 3.48. The second-order valence-corrected chi connectivity index (χ2v) is 6.72. The Balaban J connectivity index is 1.56. The summed E-state index contributed by atoms with van der Waals surface area (Å²) in [6.07, 6.45) is -3.29. The molecule has 2 unspecified atom stereocenters. The third-order valence-corrected chi connectivity index (χ3v) is 4.72. The minimum Gasteiger partial charge on any atom is -0.306 e. The fourth-order valence-corrected chi connectivity index (χ4v) is 3.39. The third-order valence-electron chi connectivity index (χ3n) is 4.72. The molecule has 0 saturated carbocycles. The van der Waals surface area contributed by atoms with Crippen LogP contribution in [-0.2, 0) is 12.7 Å². The Hall–Kier alpha value is -1.85. The van der Waals surface area contributed by atoms with Crippen LogP contribution in [0.3, 0.4) is 0 Å². The Kier molecular flexibility index (Phi) is 5.45. The van der Waals surface area contributed by atoms with Gasteiger partial charge in [0.1, 0.15) is 0 Å². The van der Waals surface area contributed by atoms with Crippen LogP contribution in [0.5, 0.6) is 0 Å². The molecule has 1 aliphatic rings. The van der Waals surface area contributed by atoms with Crippen LogP contribution in [0.15, 0.2) is 54.6 Å². The largest absolute Gasteiger partial charge is 0.416 e. The van der Waals surface area contributed by atoms with Crippen molar-refractivity contribution < 1.29 is 13.2 Å². The molecule has 5 heteroatoms. The van der Waals surface area contributed by atoms with Gasteiger partial charge in [0.05, 0.1) is 5.56 Å². The first kappa shape index (κ1) is 18.0. The molecule has 2 aromatic carbocycles. The maximum Gasteiger partial charge on any atom is 0.416 e. The predicted molar refractivity (Wildman–Crippen MR) is 93.1 cm³/mol. The standard InChI is InChI=1S/C20H23F3N2/c1-15(17-8-5-9-18(12-17)20(21,22)23)24-19-10-11-25(14-19)13-16-6-3-2-4-7-16/h2-9,12,15,19,24H,10-11,13-14H2,1H3. The quantitative estimate of drug-likeness (QED) is 0.847. The maximum absolute atomic E-state index is 12.9. The summed E-state index contributed by atoms with van der Waals surface area (Å²) in [5.41, 5.74) is 1.38. The number of likely N-dealkylation sites (tertiary alicyclic amines) is 1. The van der Waals surface area contributed by atoms with E-state index in [1.807, 2.05) is 25.1 Å². The smallest absolute Gasteiger partial charge is 0.306 e. The molecule has 1 saturated heterocycles. The van der Waals surface area contributed by atoms with Gasteiger partial charge in [-0.1, -0.05) is 42.5 Å². The predicted octanol–water partition coefficient (Wildman–Crippen LogP) is 4.63. The average Bonchev–Trinajstić information content (AvgIpc) is 3.02. The van der Waals surface area contributed by atoms with E-state index in [1.165, 1.54) is 17.7 Å². The highest BCUT2D eigenvalue weighted by atomic mass is 19.4. The molecule has 0 aliphatic carbocycles. The second kappa shape index (κ2) is 7.58. The maximum atomic E-state index is 12.9. The first-order chi connectivity index (χ1) is 11.9. The Labute approximate surface area is 146 Å².